The van der Waals surface area contributed by atoms with Crippen molar-refractivity contribution in [3.8, 4) is 34.4 Å². The van der Waals surface area contributed by atoms with Gasteiger partial charge in [0, 0.05) is 22.9 Å². The van der Waals surface area contributed by atoms with Gasteiger partial charge in [-0.3, -0.25) is 4.72 Å². The number of methoxy groups -OCH3 is 2. The van der Waals surface area contributed by atoms with Gasteiger partial charge in [0.15, 0.2) is 0 Å². The summed E-state index contributed by atoms with van der Waals surface area (Å²) >= 11 is 0. The van der Waals surface area contributed by atoms with Crippen LogP contribution in [-0.2, 0) is 10.0 Å². The van der Waals surface area contributed by atoms with Crippen LogP contribution in [0.3, 0.4) is 0 Å². The molecule has 0 unspecified atom stereocenters. The molecule has 3 aromatic carbocycles. The van der Waals surface area contributed by atoms with E-state index in [4.69, 9.17) is 13.9 Å². The van der Waals surface area contributed by atoms with Crippen molar-refractivity contribution in [2.24, 2.45) is 0 Å². The maximum Gasteiger partial charge on any atom is 0.265 e. The van der Waals surface area contributed by atoms with E-state index in [0.717, 1.165) is 5.56 Å². The highest BCUT2D eigenvalue weighted by atomic mass is 32.2. The molecule has 0 aliphatic rings. The van der Waals surface area contributed by atoms with E-state index in [1.807, 2.05) is 30.3 Å². The van der Waals surface area contributed by atoms with Crippen molar-refractivity contribution < 1.29 is 22.3 Å². The third-order valence-electron chi connectivity index (χ3n) is 4.47. The molecule has 1 N–H and O–H groups in total. The zero-order chi connectivity index (χ0) is 21.8. The van der Waals surface area contributed by atoms with E-state index in [9.17, 15) is 8.42 Å². The van der Waals surface area contributed by atoms with Crippen LogP contribution in [0, 0.1) is 0 Å². The van der Waals surface area contributed by atoms with Gasteiger partial charge in [-0.2, -0.15) is 0 Å². The Hall–Kier alpha value is -3.85. The predicted octanol–water partition coefficient (Wildman–Crippen LogP) is 4.22. The Morgan fingerprint density at radius 2 is 1.52 bits per heavy atom. The summed E-state index contributed by atoms with van der Waals surface area (Å²) in [6, 6.07) is 20.6. The highest BCUT2D eigenvalue weighted by Crippen LogP contribution is 2.31. The van der Waals surface area contributed by atoms with Crippen molar-refractivity contribution in [1.29, 1.82) is 0 Å². The Balaban J connectivity index is 1.63. The fraction of sp³-hybridized carbons (Fsp3) is 0.0909. The summed E-state index contributed by atoms with van der Waals surface area (Å²) in [5.74, 6) is 1.25. The van der Waals surface area contributed by atoms with Crippen molar-refractivity contribution in [3.05, 3.63) is 72.8 Å². The summed E-state index contributed by atoms with van der Waals surface area (Å²) in [4.78, 5) is -0.0380. The molecular weight excluding hydrogens is 418 g/mol. The van der Waals surface area contributed by atoms with Gasteiger partial charge in [-0.1, -0.05) is 24.3 Å². The summed E-state index contributed by atoms with van der Waals surface area (Å²) in [6.07, 6.45) is 0. The molecule has 4 rings (SSSR count). The van der Waals surface area contributed by atoms with E-state index >= 15 is 0 Å². The van der Waals surface area contributed by atoms with E-state index < -0.39 is 10.0 Å². The highest BCUT2D eigenvalue weighted by Gasteiger charge is 2.21. The lowest BCUT2D eigenvalue weighted by atomic mass is 10.2. The molecule has 8 nitrogen and oxygen atoms in total. The summed E-state index contributed by atoms with van der Waals surface area (Å²) in [5, 5.41) is 8.15. The first-order valence-corrected chi connectivity index (χ1v) is 10.7. The van der Waals surface area contributed by atoms with Crippen LogP contribution in [-0.4, -0.2) is 32.8 Å². The molecule has 9 heteroatoms. The molecule has 0 spiro atoms. The van der Waals surface area contributed by atoms with Crippen LogP contribution in [0.2, 0.25) is 0 Å². The zero-order valence-electron chi connectivity index (χ0n) is 16.8. The number of nitrogens with zero attached hydrogens (tertiary/aromatic N) is 2. The minimum atomic E-state index is -3.95. The number of rotatable bonds is 7. The minimum absolute atomic E-state index is 0.0380. The lowest BCUT2D eigenvalue weighted by Crippen LogP contribution is -2.14. The number of ether oxygens (including phenoxy) is 2. The number of aromatic nitrogens is 2. The van der Waals surface area contributed by atoms with Crippen molar-refractivity contribution in [3.63, 3.8) is 0 Å². The van der Waals surface area contributed by atoms with Crippen LogP contribution in [0.5, 0.6) is 11.5 Å². The molecule has 1 aromatic heterocycles. The minimum Gasteiger partial charge on any atom is -0.497 e. The van der Waals surface area contributed by atoms with E-state index in [-0.39, 0.29) is 16.5 Å². The summed E-state index contributed by atoms with van der Waals surface area (Å²) in [6.45, 7) is 0. The van der Waals surface area contributed by atoms with Gasteiger partial charge in [-0.25, -0.2) is 8.42 Å². The smallest absolute Gasteiger partial charge is 0.265 e. The van der Waals surface area contributed by atoms with Gasteiger partial charge >= 0.3 is 0 Å². The molecule has 1 heterocycles. The Kier molecular flexibility index (Phi) is 5.59. The molecule has 0 aliphatic heterocycles. The molecule has 0 saturated heterocycles. The normalized spacial score (nSPS) is 11.2. The van der Waals surface area contributed by atoms with Crippen molar-refractivity contribution in [1.82, 2.24) is 10.2 Å². The number of hydrogen-bond donors (Lipinski definition) is 1. The van der Waals surface area contributed by atoms with Gasteiger partial charge in [0.2, 0.25) is 11.8 Å². The van der Waals surface area contributed by atoms with Crippen LogP contribution in [0.25, 0.3) is 22.9 Å². The second-order valence-electron chi connectivity index (χ2n) is 6.48. The third-order valence-corrected chi connectivity index (χ3v) is 5.87. The average molecular weight is 437 g/mol. The quantitative estimate of drug-likeness (QED) is 0.462. The predicted molar refractivity (Wildman–Crippen MR) is 116 cm³/mol. The van der Waals surface area contributed by atoms with Gasteiger partial charge < -0.3 is 13.9 Å². The number of nitrogens with one attached hydrogen (secondary N) is 1. The average Bonchev–Trinajstić information content (AvgIpc) is 3.29. The summed E-state index contributed by atoms with van der Waals surface area (Å²) in [7, 11) is -1.08. The molecule has 158 valence electrons. The number of benzene rings is 3. The fourth-order valence-corrected chi connectivity index (χ4v) is 4.19. The SMILES string of the molecule is COc1ccc(OC)c(S(=O)(=O)Nc2cccc(-c3nnc(-c4ccccc4)o3)c2)c1. The Bertz CT molecular complexity index is 1300. The van der Waals surface area contributed by atoms with Crippen LogP contribution in [0.15, 0.2) is 82.1 Å². The molecule has 31 heavy (non-hydrogen) atoms. The van der Waals surface area contributed by atoms with Gasteiger partial charge in [-0.05, 0) is 42.5 Å². The largest absolute Gasteiger partial charge is 0.497 e. The summed E-state index contributed by atoms with van der Waals surface area (Å²) in [5.41, 5.74) is 1.71. The molecule has 4 aromatic rings. The Labute approximate surface area is 179 Å². The van der Waals surface area contributed by atoms with Gasteiger partial charge in [0.25, 0.3) is 10.0 Å². The number of anilines is 1. The molecule has 0 aliphatic carbocycles. The second kappa shape index (κ2) is 8.49. The fourth-order valence-electron chi connectivity index (χ4n) is 2.96. The van der Waals surface area contributed by atoms with Crippen LogP contribution >= 0.6 is 0 Å². The molecule has 0 fully saturated rings. The van der Waals surface area contributed by atoms with Gasteiger partial charge in [-0.15, -0.1) is 10.2 Å². The molecule has 0 saturated carbocycles. The van der Waals surface area contributed by atoms with Crippen molar-refractivity contribution in [2.75, 3.05) is 18.9 Å². The van der Waals surface area contributed by atoms with Gasteiger partial charge in [0.05, 0.1) is 14.2 Å². The second-order valence-corrected chi connectivity index (χ2v) is 8.13. The number of hydrogen-bond acceptors (Lipinski definition) is 7. The maximum absolute atomic E-state index is 13.0. The van der Waals surface area contributed by atoms with Crippen molar-refractivity contribution >= 4 is 15.7 Å². The first-order valence-electron chi connectivity index (χ1n) is 9.24. The summed E-state index contributed by atoms with van der Waals surface area (Å²) < 4.78 is 44.6. The molecule has 0 amide bonds. The highest BCUT2D eigenvalue weighted by molar-refractivity contribution is 7.92. The van der Waals surface area contributed by atoms with E-state index in [1.54, 1.807) is 30.3 Å². The lowest BCUT2D eigenvalue weighted by molar-refractivity contribution is 0.392. The molecule has 0 bridgehead atoms. The monoisotopic (exact) mass is 437 g/mol. The van der Waals surface area contributed by atoms with Crippen LogP contribution < -0.4 is 14.2 Å². The molecule has 0 atom stereocenters. The van der Waals surface area contributed by atoms with E-state index in [0.29, 0.717) is 22.9 Å². The Morgan fingerprint density at radius 3 is 2.23 bits per heavy atom. The Morgan fingerprint density at radius 1 is 0.806 bits per heavy atom. The topological polar surface area (TPSA) is 104 Å². The standard InChI is InChI=1S/C22H19N3O5S/c1-28-18-11-12-19(29-2)20(14-18)31(26,27)25-17-10-6-9-16(13-17)22-24-23-21(30-22)15-7-4-3-5-8-15/h3-14,25H,1-2H3. The lowest BCUT2D eigenvalue weighted by Gasteiger charge is -2.13. The van der Waals surface area contributed by atoms with Crippen LogP contribution in [0.1, 0.15) is 0 Å². The van der Waals surface area contributed by atoms with E-state index in [1.165, 1.54) is 26.4 Å². The van der Waals surface area contributed by atoms with Crippen molar-refractivity contribution in [2.45, 2.75) is 4.90 Å². The number of sulfonamides is 1. The first kappa shape index (κ1) is 20.4. The molecular formula is C22H19N3O5S. The van der Waals surface area contributed by atoms with Gasteiger partial charge in [0.1, 0.15) is 16.4 Å². The zero-order valence-corrected chi connectivity index (χ0v) is 17.6. The maximum atomic E-state index is 13.0. The van der Waals surface area contributed by atoms with E-state index in [2.05, 4.69) is 14.9 Å². The third kappa shape index (κ3) is 4.36. The van der Waals surface area contributed by atoms with Crippen LogP contribution in [0.4, 0.5) is 5.69 Å². The molecule has 0 radical (unpaired) electrons. The first-order chi connectivity index (χ1) is 15.0.